The minimum atomic E-state index is -2.66. The van der Waals surface area contributed by atoms with Crippen LogP contribution >= 0.6 is 0 Å². The van der Waals surface area contributed by atoms with Gasteiger partial charge in [-0.3, -0.25) is 24.0 Å². The Hall–Kier alpha value is -4.49. The topological polar surface area (TPSA) is 867 Å². The molecule has 0 spiro atoms. The van der Waals surface area contributed by atoms with Gasteiger partial charge in [0.25, 0.3) is 0 Å². The maximum absolute atomic E-state index is 13.1. The summed E-state index contributed by atoms with van der Waals surface area (Å²) in [6.07, 6.45) is -95.6. The van der Waals surface area contributed by atoms with Crippen LogP contribution in [0.25, 0.3) is 0 Å². The highest BCUT2D eigenvalue weighted by Crippen LogP contribution is 2.41. The summed E-state index contributed by atoms with van der Waals surface area (Å²) in [5, 5.41) is 314. The molecular formula is C70H117N5O51. The number of carbonyl (C=O) groups excluding carboxylic acids is 5. The van der Waals surface area contributed by atoms with Crippen molar-refractivity contribution in [2.45, 2.75) is 341 Å². The summed E-state index contributed by atoms with van der Waals surface area (Å²) >= 11 is 0. The first-order valence-electron chi connectivity index (χ1n) is 40.1. The van der Waals surface area contributed by atoms with Gasteiger partial charge in [-0.05, 0) is 0 Å². The van der Waals surface area contributed by atoms with Crippen LogP contribution in [0.3, 0.4) is 0 Å². The molecule has 50 atom stereocenters. The Morgan fingerprint density at radius 1 is 0.206 bits per heavy atom. The zero-order valence-corrected chi connectivity index (χ0v) is 67.8. The van der Waals surface area contributed by atoms with Crippen molar-refractivity contribution in [1.29, 1.82) is 0 Å². The van der Waals surface area contributed by atoms with E-state index in [1.807, 2.05) is 0 Å². The molecule has 5 amide bonds. The number of aliphatic hydroxyl groups excluding tert-OH is 27. The highest BCUT2D eigenvalue weighted by Gasteiger charge is 2.62. The highest BCUT2D eigenvalue weighted by molar-refractivity contribution is 5.75. The van der Waals surface area contributed by atoms with Crippen molar-refractivity contribution in [1.82, 2.24) is 26.6 Å². The zero-order valence-electron chi connectivity index (χ0n) is 67.8. The SMILES string of the molecule is CC(=O)N[C@@H]1[C@@H](O)[C@H](O[C@@H]2O[C@H](CO)[C@@H](O[C@@H]3O[C@H](CO[C@H]4O[C@H](CO[C@@H]5O[C@H](CO)[C@@H](O)[C@H](O)[C@H]5NC(C)=O)[C@@H](O)[C@H](O)[C@@H]4O[C@@H]4O[C@H](CO)[C@@H](O[C@@H]5O[C@H](CO)[C@H](O)[C@H](O)[C@H]5O)[C@H](O)[C@H]4NC(C)=O)[C@@H](O)[C@H](O[C@H]4O[C@H](CO)[C@@H](O)[C@H](O)[C@@H]4O[C@@H]4O[C@H](CO)[C@@H](O[C@@H]5O[C@H](CO)[C@H](O)[C@H](O)[C@H]5O)[C@H](O)[C@H]4NC(C)=O)[C@@H]3O)[C@H](O)[C@H]2NC(C)=O)[C@@H](CO)O[C@H]1O. The number of nitrogens with one attached hydrogen (secondary N) is 5. The fraction of sp³-hybridized carbons (Fsp3) is 0.929. The molecule has 32 N–H and O–H groups in total. The molecule has 728 valence electrons. The van der Waals surface area contributed by atoms with Gasteiger partial charge in [0.1, 0.15) is 244 Å². The average Bonchev–Trinajstić information content (AvgIpc) is 0.744. The van der Waals surface area contributed by atoms with Crippen LogP contribution in [0, 0.1) is 0 Å². The number of hydrogen-bond acceptors (Lipinski definition) is 51. The quantitative estimate of drug-likeness (QED) is 0.0290. The molecule has 0 saturated carbocycles. The van der Waals surface area contributed by atoms with Crippen LogP contribution in [0.2, 0.25) is 0 Å². The Bertz CT molecular complexity index is 3440. The van der Waals surface area contributed by atoms with Crippen molar-refractivity contribution in [3.05, 3.63) is 0 Å². The maximum atomic E-state index is 13.1. The number of ether oxygens (including phenoxy) is 19. The van der Waals surface area contributed by atoms with Crippen molar-refractivity contribution in [2.75, 3.05) is 66.1 Å². The van der Waals surface area contributed by atoms with Gasteiger partial charge in [0.15, 0.2) is 62.9 Å². The predicted octanol–water partition coefficient (Wildman–Crippen LogP) is -22.1. The molecule has 56 nitrogen and oxygen atoms in total. The lowest BCUT2D eigenvalue weighted by atomic mass is 9.93. The standard InChI is InChI=1S/C70H117N5O51/c1-16(84)71-31-43(96)54(25(10-80)110-61(31)107)120-63-33(73-18(3)86)44(97)57(28(13-83)115-63)123-68-53(106)58(124-70-60(49(102)39(92)24(9-79)114-70)126-65-35(75-20(5)88)46(99)56(27(12-82)117-65)122-67-52(105)48(101)38(91)23(8-78)113-67)41(94)30(118-68)15-109-69-59(50(103)40(93)29(119-69)14-108-62-32(72-17(2)85)42(95)36(89)21(6-76)111-62)125-64-34(74-19(4)87)45(98)55(26(11-81)116-64)121-66-51(104)47(100)37(90)22(7-77)112-66/h21-70,76-83,89-107H,6-15H2,1-5H3,(H,71,84)(H,72,85)(H,73,86)(H,74,87)(H,75,88)/t21-,22-,23-,24-,25-,26-,27-,28-,29-,30-,31-,32-,33-,34-,35-,36-,37+,38+,39-,40-,41-,42-,43-,44-,45-,46-,47+,48+,49+,50+,51-,52-,53+,54-,55-,56-,57-,58+,59+,60+,61-,62-,63+,64+,65+,66+,67+,68+,69+,70-/m1/s1. The summed E-state index contributed by atoms with van der Waals surface area (Å²) in [5.74, 6) is -4.60. The van der Waals surface area contributed by atoms with Crippen LogP contribution in [0.15, 0.2) is 0 Å². The molecule has 10 aliphatic rings. The van der Waals surface area contributed by atoms with Gasteiger partial charge >= 0.3 is 0 Å². The minimum Gasteiger partial charge on any atom is -0.394 e. The fourth-order valence-electron chi connectivity index (χ4n) is 16.2. The molecule has 0 radical (unpaired) electrons. The molecule has 0 bridgehead atoms. The zero-order chi connectivity index (χ0) is 92.8. The van der Waals surface area contributed by atoms with Crippen LogP contribution in [-0.2, 0) is 114 Å². The number of rotatable bonds is 33. The molecule has 0 aromatic rings. The van der Waals surface area contributed by atoms with Crippen LogP contribution in [0.4, 0.5) is 0 Å². The first-order valence-corrected chi connectivity index (χ1v) is 40.1. The molecule has 126 heavy (non-hydrogen) atoms. The largest absolute Gasteiger partial charge is 0.394 e. The fourth-order valence-corrected chi connectivity index (χ4v) is 16.2. The molecule has 0 aromatic heterocycles. The third-order valence-electron chi connectivity index (χ3n) is 22.9. The second kappa shape index (κ2) is 45.5. The Morgan fingerprint density at radius 3 is 0.817 bits per heavy atom. The second-order valence-electron chi connectivity index (χ2n) is 31.7. The van der Waals surface area contributed by atoms with Crippen molar-refractivity contribution in [3.63, 3.8) is 0 Å². The first-order chi connectivity index (χ1) is 59.6. The van der Waals surface area contributed by atoms with E-state index in [0.29, 0.717) is 0 Å². The molecule has 10 heterocycles. The third-order valence-corrected chi connectivity index (χ3v) is 22.9. The van der Waals surface area contributed by atoms with Gasteiger partial charge in [-0.2, -0.15) is 0 Å². The molecular weight excluding hydrogens is 1730 g/mol. The Kier molecular flexibility index (Phi) is 37.4. The van der Waals surface area contributed by atoms with Crippen LogP contribution in [0.1, 0.15) is 34.6 Å². The predicted molar refractivity (Wildman–Crippen MR) is 388 cm³/mol. The van der Waals surface area contributed by atoms with Crippen molar-refractivity contribution in [3.8, 4) is 0 Å². The monoisotopic (exact) mass is 1840 g/mol. The second-order valence-corrected chi connectivity index (χ2v) is 31.7. The summed E-state index contributed by atoms with van der Waals surface area (Å²) in [5.41, 5.74) is 0. The van der Waals surface area contributed by atoms with E-state index < -0.39 is 402 Å². The maximum Gasteiger partial charge on any atom is 0.217 e. The van der Waals surface area contributed by atoms with E-state index in [9.17, 15) is 162 Å². The van der Waals surface area contributed by atoms with E-state index in [1.54, 1.807) is 0 Å². The molecule has 0 aliphatic carbocycles. The lowest BCUT2D eigenvalue weighted by Gasteiger charge is -2.51. The average molecular weight is 1840 g/mol. The summed E-state index contributed by atoms with van der Waals surface area (Å²) in [6.45, 7) is -6.43. The highest BCUT2D eigenvalue weighted by atomic mass is 16.8. The molecule has 10 fully saturated rings. The number of amides is 5. The van der Waals surface area contributed by atoms with E-state index >= 15 is 0 Å². The van der Waals surface area contributed by atoms with Crippen molar-refractivity contribution < 1.29 is 252 Å². The van der Waals surface area contributed by atoms with Gasteiger partial charge in [0, 0.05) is 34.6 Å². The van der Waals surface area contributed by atoms with Gasteiger partial charge in [-0.25, -0.2) is 0 Å². The van der Waals surface area contributed by atoms with Crippen LogP contribution in [-0.4, -0.2) is 540 Å². The Morgan fingerprint density at radius 2 is 0.444 bits per heavy atom. The summed E-state index contributed by atoms with van der Waals surface area (Å²) in [7, 11) is 0. The van der Waals surface area contributed by atoms with Gasteiger partial charge < -0.3 is 254 Å². The lowest BCUT2D eigenvalue weighted by Crippen LogP contribution is -2.71. The molecule has 56 heteroatoms. The van der Waals surface area contributed by atoms with E-state index in [1.165, 1.54) is 0 Å². The van der Waals surface area contributed by atoms with Gasteiger partial charge in [-0.15, -0.1) is 0 Å². The van der Waals surface area contributed by atoms with E-state index in [0.717, 1.165) is 34.6 Å². The summed E-state index contributed by atoms with van der Waals surface area (Å²) in [4.78, 5) is 64.0. The Labute approximate surface area is 713 Å². The summed E-state index contributed by atoms with van der Waals surface area (Å²) in [6, 6.07) is -9.36. The van der Waals surface area contributed by atoms with E-state index in [-0.39, 0.29) is 0 Å². The Balaban J connectivity index is 1.03. The molecule has 10 rings (SSSR count). The number of hydrogen-bond donors (Lipinski definition) is 32. The van der Waals surface area contributed by atoms with Crippen molar-refractivity contribution >= 4 is 29.5 Å². The van der Waals surface area contributed by atoms with Crippen LogP contribution < -0.4 is 26.6 Å². The molecule has 10 aliphatic heterocycles. The lowest BCUT2D eigenvalue weighted by molar-refractivity contribution is -0.399. The smallest absolute Gasteiger partial charge is 0.217 e. The van der Waals surface area contributed by atoms with Gasteiger partial charge in [-0.1, -0.05) is 0 Å². The molecule has 0 aromatic carbocycles. The summed E-state index contributed by atoms with van der Waals surface area (Å²) < 4.78 is 114. The van der Waals surface area contributed by atoms with E-state index in [2.05, 4.69) is 26.6 Å². The molecule has 0 unspecified atom stereocenters. The number of carbonyl (C=O) groups is 5. The van der Waals surface area contributed by atoms with Gasteiger partial charge in [0.05, 0.1) is 66.1 Å². The normalized spacial score (nSPS) is 48.4. The first kappa shape index (κ1) is 104. The van der Waals surface area contributed by atoms with Gasteiger partial charge in [0.2, 0.25) is 29.5 Å². The van der Waals surface area contributed by atoms with Crippen molar-refractivity contribution in [2.24, 2.45) is 0 Å². The van der Waals surface area contributed by atoms with E-state index in [4.69, 9.17) is 90.0 Å². The minimum absolute atomic E-state index is 0.812. The third kappa shape index (κ3) is 23.1. The van der Waals surface area contributed by atoms with Crippen LogP contribution in [0.5, 0.6) is 0 Å². The number of aliphatic hydroxyl groups is 27. The molecule has 10 saturated heterocycles.